The minimum Gasteiger partial charge on any atom is -0.331 e. The van der Waals surface area contributed by atoms with Crippen LogP contribution in [0.4, 0.5) is 21.6 Å². The van der Waals surface area contributed by atoms with Gasteiger partial charge >= 0.3 is 0 Å². The Hall–Kier alpha value is -3.02. The summed E-state index contributed by atoms with van der Waals surface area (Å²) in [7, 11) is 0. The predicted octanol–water partition coefficient (Wildman–Crippen LogP) is 1.96. The van der Waals surface area contributed by atoms with Gasteiger partial charge in [0.05, 0.1) is 17.5 Å². The number of halogens is 1. The topological polar surface area (TPSA) is 110 Å². The first-order valence-corrected chi connectivity index (χ1v) is 5.61. The number of benzene rings is 1. The van der Waals surface area contributed by atoms with Gasteiger partial charge < -0.3 is 5.32 Å². The second kappa shape index (κ2) is 5.31. The van der Waals surface area contributed by atoms with E-state index in [-0.39, 0.29) is 17.2 Å². The van der Waals surface area contributed by atoms with E-state index in [0.717, 1.165) is 12.1 Å². The molecule has 2 rings (SSSR count). The number of nitro groups is 1. The number of nitriles is 1. The zero-order valence-electron chi connectivity index (χ0n) is 10.4. The summed E-state index contributed by atoms with van der Waals surface area (Å²) in [4.78, 5) is 11.4. The van der Waals surface area contributed by atoms with Crippen LogP contribution in [0.25, 0.3) is 0 Å². The third-order valence-corrected chi connectivity index (χ3v) is 2.45. The molecule has 0 bridgehead atoms. The number of nitrogens with one attached hydrogen (secondary N) is 1. The molecule has 0 amide bonds. The maximum atomic E-state index is 13.0. The molecule has 0 saturated carbocycles. The molecular formula is C11H9FN6O2. The molecule has 0 unspecified atom stereocenters. The highest BCUT2D eigenvalue weighted by Crippen LogP contribution is 2.28. The zero-order chi connectivity index (χ0) is 14.7. The lowest BCUT2D eigenvalue weighted by atomic mass is 10.2. The van der Waals surface area contributed by atoms with E-state index in [2.05, 4.69) is 15.5 Å². The van der Waals surface area contributed by atoms with Crippen LogP contribution in [0, 0.1) is 27.3 Å². The molecule has 1 aromatic heterocycles. The lowest BCUT2D eigenvalue weighted by molar-refractivity contribution is -0.384. The van der Waals surface area contributed by atoms with E-state index in [0.29, 0.717) is 6.54 Å². The molecule has 1 N–H and O–H groups in total. The molecule has 20 heavy (non-hydrogen) atoms. The number of nitro benzene ring substituents is 1. The second-order valence-electron chi connectivity index (χ2n) is 3.74. The summed E-state index contributed by atoms with van der Waals surface area (Å²) in [5, 5.41) is 30.3. The van der Waals surface area contributed by atoms with Crippen molar-refractivity contribution in [2.45, 2.75) is 13.5 Å². The maximum absolute atomic E-state index is 13.0. The van der Waals surface area contributed by atoms with E-state index >= 15 is 0 Å². The highest BCUT2D eigenvalue weighted by atomic mass is 19.1. The Labute approximate surface area is 112 Å². The first-order valence-electron chi connectivity index (χ1n) is 5.61. The van der Waals surface area contributed by atoms with E-state index in [1.807, 2.05) is 6.07 Å². The van der Waals surface area contributed by atoms with Crippen molar-refractivity contribution >= 4 is 17.2 Å². The standard InChI is InChI=1S/C11H9FN6O2/c1-2-17-15-9(6-13)11(16-17)14-8-4-3-7(12)5-10(8)18(19)20/h3-5H,2H2,1H3,(H,14,16). The average Bonchev–Trinajstić information content (AvgIpc) is 2.82. The molecule has 8 nitrogen and oxygen atoms in total. The number of rotatable bonds is 4. The van der Waals surface area contributed by atoms with Crippen LogP contribution in [0.15, 0.2) is 18.2 Å². The Morgan fingerprint density at radius 2 is 2.30 bits per heavy atom. The van der Waals surface area contributed by atoms with Gasteiger partial charge in [0, 0.05) is 0 Å². The zero-order valence-corrected chi connectivity index (χ0v) is 10.4. The molecule has 1 aromatic carbocycles. The van der Waals surface area contributed by atoms with E-state index in [1.165, 1.54) is 10.9 Å². The Balaban J connectivity index is 2.42. The Bertz CT molecular complexity index is 705. The van der Waals surface area contributed by atoms with E-state index < -0.39 is 16.4 Å². The van der Waals surface area contributed by atoms with E-state index in [4.69, 9.17) is 5.26 Å². The molecule has 0 aliphatic heterocycles. The smallest absolute Gasteiger partial charge is 0.295 e. The number of aryl methyl sites for hydroxylation is 1. The number of hydrogen-bond acceptors (Lipinski definition) is 6. The van der Waals surface area contributed by atoms with Crippen LogP contribution in [-0.4, -0.2) is 19.9 Å². The van der Waals surface area contributed by atoms with Crippen LogP contribution in [0.5, 0.6) is 0 Å². The molecule has 0 spiro atoms. The molecule has 0 aliphatic carbocycles. The van der Waals surface area contributed by atoms with Gasteiger partial charge in [0.25, 0.3) is 5.69 Å². The van der Waals surface area contributed by atoms with Crippen molar-refractivity contribution in [1.29, 1.82) is 5.26 Å². The summed E-state index contributed by atoms with van der Waals surface area (Å²) in [6, 6.07) is 4.90. The van der Waals surface area contributed by atoms with Crippen molar-refractivity contribution in [1.82, 2.24) is 15.0 Å². The highest BCUT2D eigenvalue weighted by Gasteiger charge is 2.18. The fraction of sp³-hybridized carbons (Fsp3) is 0.182. The monoisotopic (exact) mass is 276 g/mol. The highest BCUT2D eigenvalue weighted by molar-refractivity contribution is 5.69. The average molecular weight is 276 g/mol. The van der Waals surface area contributed by atoms with Gasteiger partial charge in [-0.1, -0.05) is 0 Å². The third-order valence-electron chi connectivity index (χ3n) is 2.45. The molecule has 102 valence electrons. The van der Waals surface area contributed by atoms with Gasteiger partial charge in [0.15, 0.2) is 5.82 Å². The number of aromatic nitrogens is 3. The van der Waals surface area contributed by atoms with Crippen molar-refractivity contribution in [2.75, 3.05) is 5.32 Å². The van der Waals surface area contributed by atoms with Gasteiger partial charge in [0.2, 0.25) is 5.69 Å². The second-order valence-corrected chi connectivity index (χ2v) is 3.74. The molecule has 1 heterocycles. The van der Waals surface area contributed by atoms with Crippen LogP contribution < -0.4 is 5.32 Å². The number of anilines is 2. The van der Waals surface area contributed by atoms with Crippen molar-refractivity contribution in [2.24, 2.45) is 0 Å². The van der Waals surface area contributed by atoms with Gasteiger partial charge in [-0.3, -0.25) is 10.1 Å². The number of hydrogen-bond donors (Lipinski definition) is 1. The van der Waals surface area contributed by atoms with Crippen molar-refractivity contribution in [3.63, 3.8) is 0 Å². The quantitative estimate of drug-likeness (QED) is 0.675. The summed E-state index contributed by atoms with van der Waals surface area (Å²) in [6.07, 6.45) is 0. The molecule has 0 atom stereocenters. The Morgan fingerprint density at radius 3 is 2.90 bits per heavy atom. The molecular weight excluding hydrogens is 267 g/mol. The summed E-state index contributed by atoms with van der Waals surface area (Å²) in [5.74, 6) is -0.635. The van der Waals surface area contributed by atoms with Crippen molar-refractivity contribution in [3.05, 3.63) is 39.8 Å². The first-order chi connectivity index (χ1) is 9.55. The summed E-state index contributed by atoms with van der Waals surface area (Å²) in [5.41, 5.74) is -0.401. The van der Waals surface area contributed by atoms with Crippen LogP contribution in [0.1, 0.15) is 12.6 Å². The SMILES string of the molecule is CCn1nc(C#N)c(Nc2ccc(F)cc2[N+](=O)[O-])n1. The van der Waals surface area contributed by atoms with Crippen LogP contribution in [0.2, 0.25) is 0 Å². The first kappa shape index (κ1) is 13.4. The maximum Gasteiger partial charge on any atom is 0.295 e. The summed E-state index contributed by atoms with van der Waals surface area (Å²) in [6.45, 7) is 2.23. The Morgan fingerprint density at radius 1 is 1.55 bits per heavy atom. The van der Waals surface area contributed by atoms with Gasteiger partial charge in [-0.15, -0.1) is 10.2 Å². The molecule has 2 aromatic rings. The van der Waals surface area contributed by atoms with Gasteiger partial charge in [-0.25, -0.2) is 4.39 Å². The lowest BCUT2D eigenvalue weighted by Crippen LogP contribution is -2.01. The van der Waals surface area contributed by atoms with Crippen molar-refractivity contribution in [3.8, 4) is 6.07 Å². The normalized spacial score (nSPS) is 10.1. The summed E-state index contributed by atoms with van der Waals surface area (Å²) >= 11 is 0. The third kappa shape index (κ3) is 2.54. The summed E-state index contributed by atoms with van der Waals surface area (Å²) < 4.78 is 13.0. The van der Waals surface area contributed by atoms with Crippen LogP contribution in [0.3, 0.4) is 0 Å². The van der Waals surface area contributed by atoms with Crippen LogP contribution in [-0.2, 0) is 6.54 Å². The van der Waals surface area contributed by atoms with Gasteiger partial charge in [-0.05, 0) is 19.1 Å². The molecule has 0 aliphatic rings. The minimum atomic E-state index is -0.722. The minimum absolute atomic E-state index is 0.00507. The fourth-order valence-corrected chi connectivity index (χ4v) is 1.54. The molecule has 0 radical (unpaired) electrons. The van der Waals surface area contributed by atoms with Gasteiger partial charge in [0.1, 0.15) is 17.6 Å². The fourth-order valence-electron chi connectivity index (χ4n) is 1.54. The lowest BCUT2D eigenvalue weighted by Gasteiger charge is -2.03. The van der Waals surface area contributed by atoms with E-state index in [1.54, 1.807) is 6.92 Å². The van der Waals surface area contributed by atoms with E-state index in [9.17, 15) is 14.5 Å². The van der Waals surface area contributed by atoms with Crippen LogP contribution >= 0.6 is 0 Å². The molecule has 0 saturated heterocycles. The van der Waals surface area contributed by atoms with Crippen molar-refractivity contribution < 1.29 is 9.31 Å². The number of nitrogens with zero attached hydrogens (tertiary/aromatic N) is 5. The molecule has 9 heteroatoms. The van der Waals surface area contributed by atoms with Gasteiger partial charge in [-0.2, -0.15) is 10.1 Å². The largest absolute Gasteiger partial charge is 0.331 e. The Kier molecular flexibility index (Phi) is 3.56. The predicted molar refractivity (Wildman–Crippen MR) is 66.7 cm³/mol. The molecule has 0 fully saturated rings.